The predicted octanol–water partition coefficient (Wildman–Crippen LogP) is 4.28. The summed E-state index contributed by atoms with van der Waals surface area (Å²) < 4.78 is 5.69. The van der Waals surface area contributed by atoms with E-state index in [1.54, 1.807) is 0 Å². The zero-order valence-corrected chi connectivity index (χ0v) is 14.1. The van der Waals surface area contributed by atoms with Crippen molar-refractivity contribution in [3.05, 3.63) is 34.9 Å². The fourth-order valence-corrected chi connectivity index (χ4v) is 3.48. The Morgan fingerprint density at radius 2 is 1.95 bits per heavy atom. The number of hydrogen-bond acceptors (Lipinski definition) is 2. The molecule has 0 heterocycles. The molecule has 118 valence electrons. The van der Waals surface area contributed by atoms with E-state index in [2.05, 4.69) is 51.3 Å². The third kappa shape index (κ3) is 4.08. The smallest absolute Gasteiger partial charge is 0.0580 e. The topological polar surface area (TPSA) is 21.3 Å². The quantitative estimate of drug-likeness (QED) is 0.771. The molecule has 0 aromatic heterocycles. The van der Waals surface area contributed by atoms with Crippen LogP contribution in [0.15, 0.2) is 18.2 Å². The van der Waals surface area contributed by atoms with E-state index in [4.69, 9.17) is 4.74 Å². The summed E-state index contributed by atoms with van der Waals surface area (Å²) in [6.45, 7) is 7.43. The van der Waals surface area contributed by atoms with Gasteiger partial charge < -0.3 is 10.1 Å². The molecule has 1 saturated carbocycles. The predicted molar refractivity (Wildman–Crippen MR) is 89.8 cm³/mol. The van der Waals surface area contributed by atoms with Crippen LogP contribution in [0.1, 0.15) is 62.8 Å². The summed E-state index contributed by atoms with van der Waals surface area (Å²) in [6.07, 6.45) is 6.46. The molecular formula is C19H31NO. The molecule has 1 N–H and O–H groups in total. The number of nitrogens with one attached hydrogen (secondary N) is 1. The van der Waals surface area contributed by atoms with Crippen LogP contribution in [0.3, 0.4) is 0 Å². The van der Waals surface area contributed by atoms with Crippen molar-refractivity contribution in [3.8, 4) is 0 Å². The Labute approximate surface area is 130 Å². The molecule has 1 aliphatic carbocycles. The lowest BCUT2D eigenvalue weighted by molar-refractivity contribution is -0.0289. The molecule has 1 atom stereocenters. The van der Waals surface area contributed by atoms with Gasteiger partial charge in [0.05, 0.1) is 6.10 Å². The van der Waals surface area contributed by atoms with Gasteiger partial charge in [-0.15, -0.1) is 0 Å². The second kappa shape index (κ2) is 7.95. The van der Waals surface area contributed by atoms with E-state index in [1.165, 1.54) is 36.0 Å². The highest BCUT2D eigenvalue weighted by Crippen LogP contribution is 2.37. The maximum atomic E-state index is 5.69. The maximum Gasteiger partial charge on any atom is 0.0580 e. The van der Waals surface area contributed by atoms with E-state index in [0.29, 0.717) is 12.1 Å². The van der Waals surface area contributed by atoms with Crippen LogP contribution < -0.4 is 5.32 Å². The number of hydrogen-bond donors (Lipinski definition) is 1. The second-order valence-corrected chi connectivity index (χ2v) is 6.23. The van der Waals surface area contributed by atoms with E-state index in [-0.39, 0.29) is 0 Å². The van der Waals surface area contributed by atoms with Gasteiger partial charge in [0.25, 0.3) is 0 Å². The molecular weight excluding hydrogens is 258 g/mol. The van der Waals surface area contributed by atoms with Crippen molar-refractivity contribution in [2.45, 2.75) is 65.0 Å². The molecule has 1 aromatic rings. The van der Waals surface area contributed by atoms with E-state index in [1.807, 2.05) is 0 Å². The first-order valence-corrected chi connectivity index (χ1v) is 8.62. The molecule has 2 heteroatoms. The Hall–Kier alpha value is -0.860. The lowest BCUT2D eigenvalue weighted by atomic mass is 9.76. The highest BCUT2D eigenvalue weighted by molar-refractivity contribution is 5.34. The summed E-state index contributed by atoms with van der Waals surface area (Å²) in [5, 5.41) is 3.55. The van der Waals surface area contributed by atoms with Crippen molar-refractivity contribution < 1.29 is 4.74 Å². The van der Waals surface area contributed by atoms with Crippen molar-refractivity contribution >= 4 is 0 Å². The average Bonchev–Trinajstić information content (AvgIpc) is 2.49. The lowest BCUT2D eigenvalue weighted by Crippen LogP contribution is -2.34. The Kier molecular flexibility index (Phi) is 6.25. The fraction of sp³-hybridized carbons (Fsp3) is 0.684. The third-order valence-corrected chi connectivity index (χ3v) is 4.89. The average molecular weight is 289 g/mol. The van der Waals surface area contributed by atoms with Crippen LogP contribution in [0.2, 0.25) is 0 Å². The van der Waals surface area contributed by atoms with Crippen LogP contribution >= 0.6 is 0 Å². The van der Waals surface area contributed by atoms with Gasteiger partial charge in [-0.25, -0.2) is 0 Å². The SMILES string of the molecule is CCOC1CC(CC(NC)c2cc(CC)ccc2CC)C1. The minimum atomic E-state index is 0.485. The fourth-order valence-electron chi connectivity index (χ4n) is 3.48. The molecule has 0 aliphatic heterocycles. The summed E-state index contributed by atoms with van der Waals surface area (Å²) in [5.74, 6) is 0.814. The standard InChI is InChI=1S/C19H31NO/c1-5-14-8-9-16(6-2)18(12-14)19(20-4)13-15-10-17(11-15)21-7-3/h8-9,12,15,17,19-20H,5-7,10-11,13H2,1-4H3. The van der Waals surface area contributed by atoms with Crippen molar-refractivity contribution in [2.75, 3.05) is 13.7 Å². The summed E-state index contributed by atoms with van der Waals surface area (Å²) in [4.78, 5) is 0. The highest BCUT2D eigenvalue weighted by Gasteiger charge is 2.31. The highest BCUT2D eigenvalue weighted by atomic mass is 16.5. The third-order valence-electron chi connectivity index (χ3n) is 4.89. The number of aryl methyl sites for hydroxylation is 2. The molecule has 1 aliphatic rings. The molecule has 0 amide bonds. The first kappa shape index (κ1) is 16.5. The Morgan fingerprint density at radius 1 is 1.19 bits per heavy atom. The van der Waals surface area contributed by atoms with Gasteiger partial charge in [0.15, 0.2) is 0 Å². The minimum absolute atomic E-state index is 0.485. The first-order valence-electron chi connectivity index (χ1n) is 8.62. The van der Waals surface area contributed by atoms with Crippen molar-refractivity contribution in [2.24, 2.45) is 5.92 Å². The molecule has 1 aromatic carbocycles. The molecule has 1 fully saturated rings. The molecule has 21 heavy (non-hydrogen) atoms. The molecule has 1 unspecified atom stereocenters. The van der Waals surface area contributed by atoms with Gasteiger partial charge in [0.1, 0.15) is 0 Å². The number of ether oxygens (including phenoxy) is 1. The van der Waals surface area contributed by atoms with E-state index in [0.717, 1.165) is 25.4 Å². The van der Waals surface area contributed by atoms with E-state index in [9.17, 15) is 0 Å². The van der Waals surface area contributed by atoms with Gasteiger partial charge in [-0.3, -0.25) is 0 Å². The van der Waals surface area contributed by atoms with Gasteiger partial charge in [-0.05, 0) is 68.7 Å². The molecule has 0 bridgehead atoms. The van der Waals surface area contributed by atoms with Crippen LogP contribution in [-0.2, 0) is 17.6 Å². The molecule has 2 nitrogen and oxygen atoms in total. The van der Waals surface area contributed by atoms with Crippen LogP contribution in [0, 0.1) is 5.92 Å². The van der Waals surface area contributed by atoms with Gasteiger partial charge in [0, 0.05) is 12.6 Å². The van der Waals surface area contributed by atoms with E-state index < -0.39 is 0 Å². The summed E-state index contributed by atoms with van der Waals surface area (Å²) in [7, 11) is 2.10. The molecule has 0 radical (unpaired) electrons. The van der Waals surface area contributed by atoms with E-state index >= 15 is 0 Å². The largest absolute Gasteiger partial charge is 0.378 e. The minimum Gasteiger partial charge on any atom is -0.378 e. The zero-order chi connectivity index (χ0) is 15.2. The zero-order valence-electron chi connectivity index (χ0n) is 14.1. The van der Waals surface area contributed by atoms with Crippen LogP contribution in [0.25, 0.3) is 0 Å². The van der Waals surface area contributed by atoms with Crippen LogP contribution in [0.5, 0.6) is 0 Å². The van der Waals surface area contributed by atoms with Crippen LogP contribution in [0.4, 0.5) is 0 Å². The Bertz CT molecular complexity index is 437. The Morgan fingerprint density at radius 3 is 2.52 bits per heavy atom. The number of rotatable bonds is 8. The normalized spacial score (nSPS) is 22.9. The van der Waals surface area contributed by atoms with Crippen LogP contribution in [-0.4, -0.2) is 19.8 Å². The summed E-state index contributed by atoms with van der Waals surface area (Å²) >= 11 is 0. The van der Waals surface area contributed by atoms with Crippen molar-refractivity contribution in [3.63, 3.8) is 0 Å². The van der Waals surface area contributed by atoms with Gasteiger partial charge in [-0.2, -0.15) is 0 Å². The lowest BCUT2D eigenvalue weighted by Gasteiger charge is -2.37. The number of benzene rings is 1. The second-order valence-electron chi connectivity index (χ2n) is 6.23. The van der Waals surface area contributed by atoms with Crippen molar-refractivity contribution in [1.82, 2.24) is 5.32 Å². The van der Waals surface area contributed by atoms with Gasteiger partial charge >= 0.3 is 0 Å². The summed E-state index contributed by atoms with van der Waals surface area (Å²) in [6, 6.07) is 7.50. The Balaban J connectivity index is 2.03. The summed E-state index contributed by atoms with van der Waals surface area (Å²) in [5.41, 5.74) is 4.45. The maximum absolute atomic E-state index is 5.69. The van der Waals surface area contributed by atoms with Gasteiger partial charge in [0.2, 0.25) is 0 Å². The molecule has 2 rings (SSSR count). The first-order chi connectivity index (χ1) is 10.2. The van der Waals surface area contributed by atoms with Crippen molar-refractivity contribution in [1.29, 1.82) is 0 Å². The van der Waals surface area contributed by atoms with Gasteiger partial charge in [-0.1, -0.05) is 32.0 Å². The monoisotopic (exact) mass is 289 g/mol. The molecule has 0 spiro atoms. The molecule has 0 saturated heterocycles.